The first-order valence-electron chi connectivity index (χ1n) is 8.78. The molecule has 0 radical (unpaired) electrons. The van der Waals surface area contributed by atoms with Gasteiger partial charge >= 0.3 is 12.1 Å². The predicted molar refractivity (Wildman–Crippen MR) is 108 cm³/mol. The van der Waals surface area contributed by atoms with E-state index in [0.29, 0.717) is 12.4 Å². The Kier molecular flexibility index (Phi) is 5.84. The summed E-state index contributed by atoms with van der Waals surface area (Å²) in [6, 6.07) is 16.4. The number of halogens is 5. The quantitative estimate of drug-likeness (QED) is 0.222. The standard InChI is InChI=1S/C21H12Cl2F3NO4/c22-15-8-14(28-11-12-4-2-1-3-5-12)9-16(23)19(15)31-30-13-6-7-17-18(10-13)29-20(27-17)21(24,25)26/h1-10H,11H2. The molecule has 0 N–H and O–H groups in total. The van der Waals surface area contributed by atoms with Gasteiger partial charge < -0.3 is 9.15 Å². The Morgan fingerprint density at radius 2 is 1.58 bits per heavy atom. The summed E-state index contributed by atoms with van der Waals surface area (Å²) in [7, 11) is 0. The van der Waals surface area contributed by atoms with Crippen molar-refractivity contribution in [2.75, 3.05) is 0 Å². The molecule has 31 heavy (non-hydrogen) atoms. The molecule has 0 saturated heterocycles. The molecule has 0 aliphatic heterocycles. The summed E-state index contributed by atoms with van der Waals surface area (Å²) in [5, 5.41) is 0.242. The van der Waals surface area contributed by atoms with E-state index in [-0.39, 0.29) is 32.6 Å². The minimum atomic E-state index is -4.69. The lowest BCUT2D eigenvalue weighted by atomic mass is 10.2. The zero-order chi connectivity index (χ0) is 22.0. The van der Waals surface area contributed by atoms with Crippen molar-refractivity contribution in [1.29, 1.82) is 0 Å². The molecule has 0 unspecified atom stereocenters. The largest absolute Gasteiger partial charge is 0.489 e. The van der Waals surface area contributed by atoms with Crippen LogP contribution < -0.4 is 14.5 Å². The fourth-order valence-corrected chi connectivity index (χ4v) is 3.14. The van der Waals surface area contributed by atoms with Crippen molar-refractivity contribution < 1.29 is 32.1 Å². The maximum absolute atomic E-state index is 12.7. The molecule has 0 amide bonds. The van der Waals surface area contributed by atoms with E-state index in [1.165, 1.54) is 30.3 Å². The van der Waals surface area contributed by atoms with Crippen LogP contribution in [0, 0.1) is 0 Å². The fourth-order valence-electron chi connectivity index (χ4n) is 2.61. The maximum Gasteiger partial charge on any atom is 0.468 e. The van der Waals surface area contributed by atoms with Gasteiger partial charge in [-0.3, -0.25) is 9.78 Å². The van der Waals surface area contributed by atoms with Crippen LogP contribution in [0.4, 0.5) is 13.2 Å². The second-order valence-electron chi connectivity index (χ2n) is 6.30. The molecule has 0 saturated carbocycles. The second-order valence-corrected chi connectivity index (χ2v) is 7.12. The number of rotatable bonds is 6. The van der Waals surface area contributed by atoms with Gasteiger partial charge in [-0.05, 0) is 17.7 Å². The molecule has 4 aromatic rings. The summed E-state index contributed by atoms with van der Waals surface area (Å²) in [5.41, 5.74) is 0.876. The molecule has 0 bridgehead atoms. The van der Waals surface area contributed by atoms with Crippen LogP contribution in [0.5, 0.6) is 17.2 Å². The average molecular weight is 470 g/mol. The molecule has 5 nitrogen and oxygen atoms in total. The van der Waals surface area contributed by atoms with Gasteiger partial charge in [0.1, 0.15) is 17.9 Å². The Morgan fingerprint density at radius 1 is 0.871 bits per heavy atom. The molecule has 0 fully saturated rings. The van der Waals surface area contributed by atoms with Gasteiger partial charge in [0.15, 0.2) is 11.3 Å². The Bertz CT molecular complexity index is 1190. The number of aromatic nitrogens is 1. The molecule has 3 aromatic carbocycles. The van der Waals surface area contributed by atoms with Crippen molar-refractivity contribution >= 4 is 34.3 Å². The number of alkyl halides is 3. The van der Waals surface area contributed by atoms with E-state index in [1.54, 1.807) is 0 Å². The lowest BCUT2D eigenvalue weighted by Gasteiger charge is -2.12. The summed E-state index contributed by atoms with van der Waals surface area (Å²) in [4.78, 5) is 13.7. The Morgan fingerprint density at radius 3 is 2.26 bits per heavy atom. The van der Waals surface area contributed by atoms with Crippen LogP contribution in [0.2, 0.25) is 10.0 Å². The summed E-state index contributed by atoms with van der Waals surface area (Å²) in [6.45, 7) is 0.321. The number of nitrogens with zero attached hydrogens (tertiary/aromatic N) is 1. The molecule has 0 aliphatic rings. The first-order chi connectivity index (χ1) is 14.8. The van der Waals surface area contributed by atoms with Crippen molar-refractivity contribution in [3.63, 3.8) is 0 Å². The Labute approximate surface area is 183 Å². The van der Waals surface area contributed by atoms with Crippen molar-refractivity contribution in [1.82, 2.24) is 4.98 Å². The third-order valence-electron chi connectivity index (χ3n) is 4.04. The topological polar surface area (TPSA) is 53.7 Å². The number of hydrogen-bond donors (Lipinski definition) is 0. The highest BCUT2D eigenvalue weighted by atomic mass is 35.5. The Hall–Kier alpha value is -3.10. The maximum atomic E-state index is 12.7. The summed E-state index contributed by atoms with van der Waals surface area (Å²) in [5.74, 6) is -0.843. The minimum absolute atomic E-state index is 0.0176. The molecule has 1 aromatic heterocycles. The van der Waals surface area contributed by atoms with Gasteiger partial charge in [0.05, 0.1) is 10.0 Å². The SMILES string of the molecule is FC(F)(F)c1nc2ccc(OOc3c(Cl)cc(OCc4ccccc4)cc3Cl)cc2o1. The normalized spacial score (nSPS) is 11.5. The molecule has 4 rings (SSSR count). The average Bonchev–Trinajstić information content (AvgIpc) is 3.16. The summed E-state index contributed by atoms with van der Waals surface area (Å²) < 4.78 is 48.5. The van der Waals surface area contributed by atoms with Crippen LogP contribution in [-0.2, 0) is 12.8 Å². The molecule has 0 spiro atoms. The van der Waals surface area contributed by atoms with E-state index in [0.717, 1.165) is 5.56 Å². The lowest BCUT2D eigenvalue weighted by Crippen LogP contribution is -2.04. The second kappa shape index (κ2) is 8.56. The summed E-state index contributed by atoms with van der Waals surface area (Å²) >= 11 is 12.4. The van der Waals surface area contributed by atoms with E-state index in [1.807, 2.05) is 30.3 Å². The minimum Gasteiger partial charge on any atom is -0.489 e. The number of oxazole rings is 1. The first-order valence-corrected chi connectivity index (χ1v) is 9.53. The van der Waals surface area contributed by atoms with Crippen LogP contribution in [0.3, 0.4) is 0 Å². The molecule has 160 valence electrons. The smallest absolute Gasteiger partial charge is 0.468 e. The number of fused-ring (bicyclic) bond motifs is 1. The third-order valence-corrected chi connectivity index (χ3v) is 4.61. The molecular formula is C21H12Cl2F3NO4. The monoisotopic (exact) mass is 469 g/mol. The summed E-state index contributed by atoms with van der Waals surface area (Å²) in [6.07, 6.45) is -4.69. The molecule has 0 aliphatic carbocycles. The van der Waals surface area contributed by atoms with Crippen LogP contribution in [0.1, 0.15) is 11.5 Å². The van der Waals surface area contributed by atoms with Gasteiger partial charge in [0.25, 0.3) is 0 Å². The number of hydrogen-bond acceptors (Lipinski definition) is 5. The highest BCUT2D eigenvalue weighted by Gasteiger charge is 2.37. The fraction of sp³-hybridized carbons (Fsp3) is 0.0952. The van der Waals surface area contributed by atoms with Gasteiger partial charge in [-0.2, -0.15) is 13.2 Å². The zero-order valence-electron chi connectivity index (χ0n) is 15.5. The van der Waals surface area contributed by atoms with Crippen molar-refractivity contribution in [3.05, 3.63) is 82.2 Å². The molecule has 10 heteroatoms. The van der Waals surface area contributed by atoms with Gasteiger partial charge in [-0.1, -0.05) is 53.5 Å². The molecular weight excluding hydrogens is 458 g/mol. The predicted octanol–water partition coefficient (Wildman–Crippen LogP) is 7.11. The molecule has 1 heterocycles. The van der Waals surface area contributed by atoms with Crippen LogP contribution in [-0.4, -0.2) is 4.98 Å². The third kappa shape index (κ3) is 4.98. The van der Waals surface area contributed by atoms with Gasteiger partial charge in [-0.15, -0.1) is 0 Å². The first kappa shape index (κ1) is 21.1. The molecule has 0 atom stereocenters. The number of ether oxygens (including phenoxy) is 1. The van der Waals surface area contributed by atoms with Crippen molar-refractivity contribution in [3.8, 4) is 17.2 Å². The van der Waals surface area contributed by atoms with Crippen LogP contribution in [0.15, 0.2) is 65.1 Å². The van der Waals surface area contributed by atoms with E-state index in [2.05, 4.69) is 4.98 Å². The lowest BCUT2D eigenvalue weighted by molar-refractivity contribution is -0.156. The number of benzene rings is 3. The van der Waals surface area contributed by atoms with Crippen LogP contribution in [0.25, 0.3) is 11.1 Å². The highest BCUT2D eigenvalue weighted by molar-refractivity contribution is 6.37. The van der Waals surface area contributed by atoms with Crippen molar-refractivity contribution in [2.24, 2.45) is 0 Å². The Balaban J connectivity index is 1.45. The van der Waals surface area contributed by atoms with E-state index >= 15 is 0 Å². The van der Waals surface area contributed by atoms with Gasteiger partial charge in [0, 0.05) is 18.2 Å². The van der Waals surface area contributed by atoms with E-state index in [9.17, 15) is 13.2 Å². The van der Waals surface area contributed by atoms with E-state index in [4.69, 9.17) is 42.1 Å². The van der Waals surface area contributed by atoms with E-state index < -0.39 is 12.1 Å². The highest BCUT2D eigenvalue weighted by Crippen LogP contribution is 2.38. The van der Waals surface area contributed by atoms with Gasteiger partial charge in [-0.25, -0.2) is 4.98 Å². The van der Waals surface area contributed by atoms with Gasteiger partial charge in [0.2, 0.25) is 5.75 Å². The van der Waals surface area contributed by atoms with Crippen LogP contribution >= 0.6 is 23.2 Å². The van der Waals surface area contributed by atoms with Crippen molar-refractivity contribution in [2.45, 2.75) is 12.8 Å². The zero-order valence-corrected chi connectivity index (χ0v) is 17.0.